The van der Waals surface area contributed by atoms with E-state index in [9.17, 15) is 42.5 Å². The lowest BCUT2D eigenvalue weighted by Crippen LogP contribution is -2.18. The molecule has 25 nitrogen and oxygen atoms in total. The Kier molecular flexibility index (Phi) is 24.7. The SMILES string of the molecule is Cc1cc(NS(=O)(=O)c2ccc(C(C)(C)C)c(F)c2)n(-c2cccc3ncccc23)n1.Cc1cc(NS(=O)(=O)c2ccc(C(C)(C)C)cc2)n(-c2ccnc3c(F)cccc23)n1.Cc1cc(NS(=O)(=O)c2ccc(C(C)(C)C)cc2)n(-c2cnc(N)c3ccccc23)n1.Cc1cc(NS(=O)(=O)c2ccc(C(C)(C)C)cc2)n(-c2ncc(Cl)c3ccccc23)n1. The second kappa shape index (κ2) is 34.5. The van der Waals surface area contributed by atoms with Crippen LogP contribution in [0.5, 0.6) is 0 Å². The van der Waals surface area contributed by atoms with Crippen molar-refractivity contribution in [2.24, 2.45) is 0 Å². The zero-order valence-electron chi connectivity index (χ0n) is 71.1. The van der Waals surface area contributed by atoms with Crippen molar-refractivity contribution < 1.29 is 42.5 Å². The number of fused-ring (bicyclic) bond motifs is 4. The van der Waals surface area contributed by atoms with Gasteiger partial charge in [-0.15, -0.1) is 0 Å². The van der Waals surface area contributed by atoms with Crippen molar-refractivity contribution >= 4 is 124 Å². The number of anilines is 5. The summed E-state index contributed by atoms with van der Waals surface area (Å²) in [5, 5.41) is 22.9. The van der Waals surface area contributed by atoms with Gasteiger partial charge in [0.05, 0.1) is 76.2 Å². The Labute approximate surface area is 725 Å². The number of nitrogens with two attached hydrogens (primary N) is 1. The molecule has 0 aliphatic rings. The van der Waals surface area contributed by atoms with E-state index in [0.717, 1.165) is 55.2 Å². The molecule has 640 valence electrons. The summed E-state index contributed by atoms with van der Waals surface area (Å²) in [5.74, 6) is 1.04. The topological polar surface area (TPSA) is 334 Å². The number of nitrogens with zero attached hydrogens (tertiary/aromatic N) is 12. The van der Waals surface area contributed by atoms with Crippen molar-refractivity contribution in [3.05, 3.63) is 305 Å². The van der Waals surface area contributed by atoms with Crippen LogP contribution in [0.15, 0.2) is 263 Å². The van der Waals surface area contributed by atoms with Crippen LogP contribution in [0.2, 0.25) is 5.02 Å². The molecule has 0 spiro atoms. The maximum Gasteiger partial charge on any atom is 0.263 e. The van der Waals surface area contributed by atoms with Crippen LogP contribution in [0.4, 0.5) is 37.9 Å². The summed E-state index contributed by atoms with van der Waals surface area (Å²) in [7, 11) is -15.5. The fourth-order valence-electron chi connectivity index (χ4n) is 13.7. The molecule has 16 aromatic rings. The third-order valence-corrected chi connectivity index (χ3v) is 25.9. The molecular formula is C92H94ClF2N17O8S4. The van der Waals surface area contributed by atoms with Crippen LogP contribution in [0.25, 0.3) is 66.2 Å². The number of nitrogens with one attached hydrogen (secondary N) is 4. The van der Waals surface area contributed by atoms with Crippen molar-refractivity contribution in [1.29, 1.82) is 0 Å². The second-order valence-electron chi connectivity index (χ2n) is 33.8. The highest BCUT2D eigenvalue weighted by atomic mass is 35.5. The van der Waals surface area contributed by atoms with Gasteiger partial charge >= 0.3 is 0 Å². The highest BCUT2D eigenvalue weighted by Crippen LogP contribution is 2.37. The summed E-state index contributed by atoms with van der Waals surface area (Å²) < 4.78 is 150. The molecule has 8 heterocycles. The number of para-hydroxylation sites is 1. The Morgan fingerprint density at radius 2 is 0.734 bits per heavy atom. The molecular weight excluding hydrogens is 1670 g/mol. The first-order valence-corrected chi connectivity index (χ1v) is 45.6. The standard InChI is InChI=1S/C23H23ClN4O2S.2C23H23FN4O2S.C23H25N5O2S/c1-15-13-21(27-31(29,30)17-11-9-16(10-12-17)23(2,3)4)28(26-15)22-19-8-6-5-7-18(19)20(24)14-25-22;1-15-13-22(28(26-15)21-9-5-8-20-17(21)7-6-12-25-20)27-31(29,30)16-10-11-18(19(24)14-16)23(2,3)4;1-15-14-21(27-31(29,30)17-10-8-16(9-11-17)23(2,3)4)28(26-15)20-12-13-25-22-18(20)6-5-7-19(22)24;1-15-13-21(27-31(29,30)17-11-9-16(10-12-17)23(2,3)4)28(26-15)20-14-25-22(24)19-8-6-5-7-18(19)20/h3*5-14,27H,1-4H3;5-14,27H,1-4H3,(H2,24,25). The molecule has 0 radical (unpaired) electrons. The number of aromatic nitrogens is 12. The molecule has 0 saturated carbocycles. The largest absolute Gasteiger partial charge is 0.383 e. The molecule has 32 heteroatoms. The summed E-state index contributed by atoms with van der Waals surface area (Å²) in [5.41, 5.74) is 14.4. The molecule has 0 fully saturated rings. The number of rotatable bonds is 16. The van der Waals surface area contributed by atoms with Crippen LogP contribution < -0.4 is 24.6 Å². The number of hydrogen-bond donors (Lipinski definition) is 5. The number of hydrogen-bond acceptors (Lipinski definition) is 17. The number of nitrogen functional groups attached to an aromatic ring is 1. The maximum atomic E-state index is 14.6. The van der Waals surface area contributed by atoms with Gasteiger partial charge in [0, 0.05) is 75.2 Å². The normalized spacial score (nSPS) is 12.3. The minimum atomic E-state index is -4.03. The molecule has 0 aliphatic carbocycles. The zero-order chi connectivity index (χ0) is 89.6. The minimum Gasteiger partial charge on any atom is -0.383 e. The molecule has 8 aromatic heterocycles. The Morgan fingerprint density at radius 3 is 1.20 bits per heavy atom. The first-order valence-electron chi connectivity index (χ1n) is 39.3. The molecule has 0 saturated heterocycles. The monoisotopic (exact) mass is 1770 g/mol. The van der Waals surface area contributed by atoms with E-state index in [1.54, 1.807) is 130 Å². The predicted octanol–water partition coefficient (Wildman–Crippen LogP) is 19.8. The van der Waals surface area contributed by atoms with E-state index in [1.165, 1.54) is 38.4 Å². The Morgan fingerprint density at radius 1 is 0.339 bits per heavy atom. The van der Waals surface area contributed by atoms with Gasteiger partial charge in [0.15, 0.2) is 5.82 Å². The molecule has 0 aliphatic heterocycles. The van der Waals surface area contributed by atoms with E-state index < -0.39 is 57.1 Å². The number of pyridine rings is 4. The van der Waals surface area contributed by atoms with Gasteiger partial charge in [-0.1, -0.05) is 204 Å². The predicted molar refractivity (Wildman–Crippen MR) is 488 cm³/mol. The number of benzene rings is 8. The summed E-state index contributed by atoms with van der Waals surface area (Å²) in [6, 6.07) is 61.9. The molecule has 0 unspecified atom stereocenters. The lowest BCUT2D eigenvalue weighted by atomic mass is 9.87. The van der Waals surface area contributed by atoms with Gasteiger partial charge in [-0.05, 0) is 157 Å². The first kappa shape index (κ1) is 89.0. The molecule has 124 heavy (non-hydrogen) atoms. The number of aryl methyl sites for hydroxylation is 4. The van der Waals surface area contributed by atoms with E-state index in [2.05, 4.69) is 122 Å². The summed E-state index contributed by atoms with van der Waals surface area (Å²) in [6.07, 6.45) is 6.31. The average molecular weight is 1770 g/mol. The maximum absolute atomic E-state index is 14.6. The van der Waals surface area contributed by atoms with Crippen molar-refractivity contribution in [3.63, 3.8) is 0 Å². The van der Waals surface area contributed by atoms with Gasteiger partial charge in [-0.3, -0.25) is 28.9 Å². The fourth-order valence-corrected chi connectivity index (χ4v) is 18.1. The van der Waals surface area contributed by atoms with Gasteiger partial charge in [-0.25, -0.2) is 66.5 Å². The Bertz CT molecular complexity index is 6770. The third kappa shape index (κ3) is 19.6. The van der Waals surface area contributed by atoms with Crippen molar-refractivity contribution in [2.45, 2.75) is 152 Å². The van der Waals surface area contributed by atoms with Gasteiger partial charge in [0.1, 0.15) is 46.2 Å². The molecule has 0 bridgehead atoms. The van der Waals surface area contributed by atoms with Crippen molar-refractivity contribution in [3.8, 4) is 22.9 Å². The van der Waals surface area contributed by atoms with Crippen molar-refractivity contribution in [1.82, 2.24) is 59.1 Å². The highest BCUT2D eigenvalue weighted by Gasteiger charge is 2.29. The molecule has 0 amide bonds. The molecule has 8 aromatic carbocycles. The van der Waals surface area contributed by atoms with Gasteiger partial charge in [0.2, 0.25) is 0 Å². The van der Waals surface area contributed by atoms with Crippen LogP contribution in [0, 0.1) is 39.3 Å². The van der Waals surface area contributed by atoms with E-state index in [0.29, 0.717) is 79.1 Å². The summed E-state index contributed by atoms with van der Waals surface area (Å²) in [4.78, 5) is 17.5. The minimum absolute atomic E-state index is 0.0609. The van der Waals surface area contributed by atoms with Gasteiger partial charge < -0.3 is 5.73 Å². The molecule has 16 rings (SSSR count). The third-order valence-electron chi connectivity index (χ3n) is 20.2. The first-order chi connectivity index (χ1) is 58.2. The van der Waals surface area contributed by atoms with E-state index >= 15 is 0 Å². The van der Waals surface area contributed by atoms with Crippen LogP contribution in [0.3, 0.4) is 0 Å². The van der Waals surface area contributed by atoms with Crippen LogP contribution >= 0.6 is 11.6 Å². The van der Waals surface area contributed by atoms with E-state index in [-0.39, 0.29) is 53.0 Å². The number of sulfonamides is 4. The summed E-state index contributed by atoms with van der Waals surface area (Å²) >= 11 is 6.29. The average Bonchev–Trinajstić information content (AvgIpc) is 1.74. The van der Waals surface area contributed by atoms with Crippen LogP contribution in [0.1, 0.15) is 128 Å². The van der Waals surface area contributed by atoms with Crippen molar-refractivity contribution in [2.75, 3.05) is 24.6 Å². The van der Waals surface area contributed by atoms with Gasteiger partial charge in [0.25, 0.3) is 40.1 Å². The summed E-state index contributed by atoms with van der Waals surface area (Å²) in [6.45, 7) is 31.5. The second-order valence-corrected chi connectivity index (χ2v) is 41.0. The number of halogens is 3. The van der Waals surface area contributed by atoms with Crippen LogP contribution in [-0.4, -0.2) is 92.7 Å². The highest BCUT2D eigenvalue weighted by molar-refractivity contribution is 7.93. The molecule has 6 N–H and O–H groups in total. The molecule has 0 atom stereocenters. The van der Waals surface area contributed by atoms with Crippen LogP contribution in [-0.2, 0) is 61.8 Å². The quantitative estimate of drug-likeness (QED) is 0.0600. The van der Waals surface area contributed by atoms with E-state index in [4.69, 9.17) is 17.3 Å². The fraction of sp³-hybridized carbons (Fsp3) is 0.217. The Hall–Kier alpha value is -12.8. The zero-order valence-corrected chi connectivity index (χ0v) is 75.1. The van der Waals surface area contributed by atoms with E-state index in [1.807, 2.05) is 136 Å². The van der Waals surface area contributed by atoms with Gasteiger partial charge in [-0.2, -0.15) is 25.1 Å². The smallest absolute Gasteiger partial charge is 0.263 e. The lowest BCUT2D eigenvalue weighted by Gasteiger charge is -2.20. The lowest BCUT2D eigenvalue weighted by molar-refractivity contribution is 0.519. The Balaban J connectivity index is 0.000000142.